The number of nitrogens with zero attached hydrogens (tertiary/aromatic N) is 1. The first kappa shape index (κ1) is 9.71. The number of aromatic amines is 1. The standard InChI is InChI=1S/C11H13N3O/c1-7(2)11(15)12-10-8-5-3-4-6-9(8)13-14-10/h3-7H,1-2H3,(H2,12,13,14,15). The molecule has 0 aliphatic rings. The molecule has 0 saturated heterocycles. The minimum atomic E-state index is -0.0412. The number of fused-ring (bicyclic) bond motifs is 1. The van der Waals surface area contributed by atoms with Crippen molar-refractivity contribution in [1.29, 1.82) is 0 Å². The van der Waals surface area contributed by atoms with Crippen molar-refractivity contribution in [2.24, 2.45) is 5.92 Å². The van der Waals surface area contributed by atoms with E-state index in [1.165, 1.54) is 0 Å². The van der Waals surface area contributed by atoms with E-state index < -0.39 is 0 Å². The Kier molecular flexibility index (Phi) is 2.41. The fourth-order valence-corrected chi connectivity index (χ4v) is 1.32. The molecule has 2 N–H and O–H groups in total. The largest absolute Gasteiger partial charge is 0.308 e. The molecular formula is C11H13N3O. The Labute approximate surface area is 87.7 Å². The third-order valence-corrected chi connectivity index (χ3v) is 2.24. The van der Waals surface area contributed by atoms with Crippen molar-refractivity contribution in [2.45, 2.75) is 13.8 Å². The van der Waals surface area contributed by atoms with Crippen LogP contribution in [0, 0.1) is 5.92 Å². The van der Waals surface area contributed by atoms with Gasteiger partial charge in [0.2, 0.25) is 5.91 Å². The van der Waals surface area contributed by atoms with Gasteiger partial charge >= 0.3 is 0 Å². The number of carbonyl (C=O) groups is 1. The third kappa shape index (κ3) is 1.83. The van der Waals surface area contributed by atoms with Gasteiger partial charge in [-0.05, 0) is 12.1 Å². The topological polar surface area (TPSA) is 57.8 Å². The van der Waals surface area contributed by atoms with Crippen LogP contribution in [0.5, 0.6) is 0 Å². The summed E-state index contributed by atoms with van der Waals surface area (Å²) >= 11 is 0. The SMILES string of the molecule is CC(C)C(=O)Nc1n[nH]c2ccccc12. The van der Waals surface area contributed by atoms with E-state index in [9.17, 15) is 4.79 Å². The first-order valence-corrected chi connectivity index (χ1v) is 4.92. The van der Waals surface area contributed by atoms with Gasteiger partial charge in [0.05, 0.1) is 5.52 Å². The fourth-order valence-electron chi connectivity index (χ4n) is 1.32. The van der Waals surface area contributed by atoms with Gasteiger partial charge in [-0.25, -0.2) is 0 Å². The molecule has 0 aliphatic carbocycles. The number of hydrogen-bond acceptors (Lipinski definition) is 2. The molecule has 78 valence electrons. The summed E-state index contributed by atoms with van der Waals surface area (Å²) < 4.78 is 0. The molecule has 1 heterocycles. The average Bonchev–Trinajstić information content (AvgIpc) is 2.62. The van der Waals surface area contributed by atoms with E-state index in [-0.39, 0.29) is 11.8 Å². The zero-order valence-electron chi connectivity index (χ0n) is 8.74. The predicted molar refractivity (Wildman–Crippen MR) is 59.6 cm³/mol. The molecule has 1 aromatic carbocycles. The lowest BCUT2D eigenvalue weighted by Gasteiger charge is -2.04. The maximum Gasteiger partial charge on any atom is 0.228 e. The van der Waals surface area contributed by atoms with Gasteiger partial charge in [-0.1, -0.05) is 26.0 Å². The Morgan fingerprint density at radius 3 is 2.87 bits per heavy atom. The molecule has 0 atom stereocenters. The van der Waals surface area contributed by atoms with Gasteiger partial charge in [-0.2, -0.15) is 5.10 Å². The monoisotopic (exact) mass is 203 g/mol. The highest BCUT2D eigenvalue weighted by Gasteiger charge is 2.11. The lowest BCUT2D eigenvalue weighted by Crippen LogP contribution is -2.18. The van der Waals surface area contributed by atoms with E-state index in [0.717, 1.165) is 10.9 Å². The quantitative estimate of drug-likeness (QED) is 0.785. The number of anilines is 1. The molecule has 0 radical (unpaired) electrons. The zero-order chi connectivity index (χ0) is 10.8. The first-order valence-electron chi connectivity index (χ1n) is 4.92. The van der Waals surface area contributed by atoms with Crippen LogP contribution in [0.3, 0.4) is 0 Å². The number of rotatable bonds is 2. The van der Waals surface area contributed by atoms with Crippen molar-refractivity contribution >= 4 is 22.6 Å². The number of amides is 1. The van der Waals surface area contributed by atoms with Crippen LogP contribution in [0.1, 0.15) is 13.8 Å². The second-order valence-electron chi connectivity index (χ2n) is 3.76. The van der Waals surface area contributed by atoms with Crippen LogP contribution in [0.25, 0.3) is 10.9 Å². The van der Waals surface area contributed by atoms with Crippen molar-refractivity contribution in [3.63, 3.8) is 0 Å². The van der Waals surface area contributed by atoms with Gasteiger partial charge in [0, 0.05) is 11.3 Å². The lowest BCUT2D eigenvalue weighted by atomic mass is 10.2. The number of H-pyrrole nitrogens is 1. The first-order chi connectivity index (χ1) is 7.18. The number of nitrogens with one attached hydrogen (secondary N) is 2. The maximum absolute atomic E-state index is 11.5. The summed E-state index contributed by atoms with van der Waals surface area (Å²) in [6, 6.07) is 7.69. The van der Waals surface area contributed by atoms with Crippen LogP contribution in [-0.4, -0.2) is 16.1 Å². The molecule has 0 aliphatic heterocycles. The number of benzene rings is 1. The summed E-state index contributed by atoms with van der Waals surface area (Å²) in [7, 11) is 0. The molecule has 0 bridgehead atoms. The summed E-state index contributed by atoms with van der Waals surface area (Å²) in [5, 5.41) is 10.6. The highest BCUT2D eigenvalue weighted by molar-refractivity contribution is 6.00. The number of aromatic nitrogens is 2. The normalized spacial score (nSPS) is 10.9. The molecule has 4 nitrogen and oxygen atoms in total. The maximum atomic E-state index is 11.5. The van der Waals surface area contributed by atoms with Crippen molar-refractivity contribution < 1.29 is 4.79 Å². The summed E-state index contributed by atoms with van der Waals surface area (Å²) in [5.74, 6) is 0.539. The van der Waals surface area contributed by atoms with Gasteiger partial charge in [0.25, 0.3) is 0 Å². The van der Waals surface area contributed by atoms with Crippen LogP contribution in [-0.2, 0) is 4.79 Å². The molecule has 1 amide bonds. The van der Waals surface area contributed by atoms with E-state index in [1.54, 1.807) is 0 Å². The Bertz CT molecular complexity index is 487. The third-order valence-electron chi connectivity index (χ3n) is 2.24. The predicted octanol–water partition coefficient (Wildman–Crippen LogP) is 2.16. The Morgan fingerprint density at radius 2 is 2.13 bits per heavy atom. The molecule has 4 heteroatoms. The summed E-state index contributed by atoms with van der Waals surface area (Å²) in [6.45, 7) is 3.70. The van der Waals surface area contributed by atoms with E-state index >= 15 is 0 Å². The second-order valence-corrected chi connectivity index (χ2v) is 3.76. The number of carbonyl (C=O) groups excluding carboxylic acids is 1. The number of hydrogen-bond donors (Lipinski definition) is 2. The highest BCUT2D eigenvalue weighted by Crippen LogP contribution is 2.19. The van der Waals surface area contributed by atoms with E-state index in [0.29, 0.717) is 5.82 Å². The van der Waals surface area contributed by atoms with Crippen LogP contribution >= 0.6 is 0 Å². The van der Waals surface area contributed by atoms with E-state index in [4.69, 9.17) is 0 Å². The molecular weight excluding hydrogens is 190 g/mol. The van der Waals surface area contributed by atoms with Crippen molar-refractivity contribution in [2.75, 3.05) is 5.32 Å². The van der Waals surface area contributed by atoms with Gasteiger partial charge in [0.15, 0.2) is 5.82 Å². The summed E-state index contributed by atoms with van der Waals surface area (Å²) in [5.41, 5.74) is 0.927. The number of para-hydroxylation sites is 1. The Hall–Kier alpha value is -1.84. The smallest absolute Gasteiger partial charge is 0.228 e. The van der Waals surface area contributed by atoms with E-state index in [1.807, 2.05) is 38.1 Å². The molecule has 0 fully saturated rings. The molecule has 2 aromatic rings. The highest BCUT2D eigenvalue weighted by atomic mass is 16.1. The van der Waals surface area contributed by atoms with Gasteiger partial charge in [0.1, 0.15) is 0 Å². The van der Waals surface area contributed by atoms with Crippen LogP contribution < -0.4 is 5.32 Å². The Morgan fingerprint density at radius 1 is 1.40 bits per heavy atom. The van der Waals surface area contributed by atoms with Gasteiger partial charge < -0.3 is 5.32 Å². The molecule has 0 saturated carbocycles. The minimum Gasteiger partial charge on any atom is -0.308 e. The molecule has 2 rings (SSSR count). The molecule has 0 unspecified atom stereocenters. The van der Waals surface area contributed by atoms with Gasteiger partial charge in [-0.3, -0.25) is 9.89 Å². The zero-order valence-corrected chi connectivity index (χ0v) is 8.74. The van der Waals surface area contributed by atoms with Crippen LogP contribution in [0.2, 0.25) is 0 Å². The molecule has 0 spiro atoms. The van der Waals surface area contributed by atoms with E-state index in [2.05, 4.69) is 15.5 Å². The van der Waals surface area contributed by atoms with Crippen molar-refractivity contribution in [1.82, 2.24) is 10.2 Å². The van der Waals surface area contributed by atoms with Gasteiger partial charge in [-0.15, -0.1) is 0 Å². The van der Waals surface area contributed by atoms with Crippen LogP contribution in [0.4, 0.5) is 5.82 Å². The summed E-state index contributed by atoms with van der Waals surface area (Å²) in [4.78, 5) is 11.5. The average molecular weight is 203 g/mol. The minimum absolute atomic E-state index is 0.0211. The second kappa shape index (κ2) is 3.73. The molecule has 15 heavy (non-hydrogen) atoms. The molecule has 1 aromatic heterocycles. The van der Waals surface area contributed by atoms with Crippen molar-refractivity contribution in [3.05, 3.63) is 24.3 Å². The van der Waals surface area contributed by atoms with Crippen LogP contribution in [0.15, 0.2) is 24.3 Å². The summed E-state index contributed by atoms with van der Waals surface area (Å²) in [6.07, 6.45) is 0. The van der Waals surface area contributed by atoms with Crippen molar-refractivity contribution in [3.8, 4) is 0 Å². The Balaban J connectivity index is 2.33. The lowest BCUT2D eigenvalue weighted by molar-refractivity contribution is -0.118. The fraction of sp³-hybridized carbons (Fsp3) is 0.273.